The van der Waals surface area contributed by atoms with Crippen LogP contribution in [0.1, 0.15) is 47.0 Å². The van der Waals surface area contributed by atoms with E-state index in [1.165, 1.54) is 24.0 Å². The van der Waals surface area contributed by atoms with Gasteiger partial charge in [0.1, 0.15) is 0 Å². The molecule has 0 heterocycles. The molecule has 0 heteroatoms. The molecule has 74 valence electrons. The topological polar surface area (TPSA) is 0 Å². The Labute approximate surface area is 83.0 Å². The lowest BCUT2D eigenvalue weighted by atomic mass is 10.1. The number of hydrogen-bond acceptors (Lipinski definition) is 0. The Morgan fingerprint density at radius 3 is 2.38 bits per heavy atom. The second-order valence-electron chi connectivity index (χ2n) is 3.49. The fourth-order valence-electron chi connectivity index (χ4n) is 1.26. The first-order chi connectivity index (χ1) is 6.20. The van der Waals surface area contributed by atoms with Crippen molar-refractivity contribution in [2.45, 2.75) is 47.0 Å². The first-order valence-electron chi connectivity index (χ1n) is 5.21. The van der Waals surface area contributed by atoms with Crippen molar-refractivity contribution in [2.24, 2.45) is 0 Å². The predicted octanol–water partition coefficient (Wildman–Crippen LogP) is 4.65. The lowest BCUT2D eigenvalue weighted by Gasteiger charge is -1.97. The fraction of sp³-hybridized carbons (Fsp3) is 0.538. The average Bonchev–Trinajstić information content (AvgIpc) is 2.05. The number of hydrogen-bond donors (Lipinski definition) is 0. The van der Waals surface area contributed by atoms with Gasteiger partial charge in [-0.05, 0) is 26.7 Å². The first-order valence-corrected chi connectivity index (χ1v) is 5.21. The molecule has 0 aromatic rings. The minimum Gasteiger partial charge on any atom is -0.0848 e. The molecule has 0 aliphatic rings. The van der Waals surface area contributed by atoms with Crippen LogP contribution in [-0.4, -0.2) is 0 Å². The Morgan fingerprint density at radius 1 is 1.15 bits per heavy atom. The summed E-state index contributed by atoms with van der Waals surface area (Å²) in [5.41, 5.74) is 2.82. The van der Waals surface area contributed by atoms with E-state index >= 15 is 0 Å². The first kappa shape index (κ1) is 12.2. The Bertz CT molecular complexity index is 204. The van der Waals surface area contributed by atoms with Crippen molar-refractivity contribution in [2.75, 3.05) is 0 Å². The van der Waals surface area contributed by atoms with Crippen LogP contribution < -0.4 is 0 Å². The molecule has 0 N–H and O–H groups in total. The van der Waals surface area contributed by atoms with Crippen LogP contribution in [0, 0.1) is 0 Å². The molecule has 0 aromatic heterocycles. The number of allylic oxidation sites excluding steroid dienone is 6. The summed E-state index contributed by atoms with van der Waals surface area (Å²) in [7, 11) is 0. The van der Waals surface area contributed by atoms with Crippen molar-refractivity contribution < 1.29 is 0 Å². The van der Waals surface area contributed by atoms with Crippen molar-refractivity contribution in [3.8, 4) is 0 Å². The highest BCUT2D eigenvalue weighted by Crippen LogP contribution is 2.07. The molecule has 0 fully saturated rings. The molecule has 0 aromatic carbocycles. The van der Waals surface area contributed by atoms with E-state index < -0.39 is 0 Å². The minimum atomic E-state index is 1.11. The summed E-state index contributed by atoms with van der Waals surface area (Å²) in [6.07, 6.45) is 12.3. The van der Waals surface area contributed by atoms with Gasteiger partial charge in [0.2, 0.25) is 0 Å². The van der Waals surface area contributed by atoms with Crippen LogP contribution in [0.4, 0.5) is 0 Å². The van der Waals surface area contributed by atoms with Gasteiger partial charge >= 0.3 is 0 Å². The van der Waals surface area contributed by atoms with Gasteiger partial charge in [0.05, 0.1) is 0 Å². The minimum absolute atomic E-state index is 1.11. The van der Waals surface area contributed by atoms with E-state index in [1.54, 1.807) is 0 Å². The highest BCUT2D eigenvalue weighted by atomic mass is 13.9. The maximum absolute atomic E-state index is 2.27. The van der Waals surface area contributed by atoms with Gasteiger partial charge in [-0.2, -0.15) is 0 Å². The van der Waals surface area contributed by atoms with Crippen LogP contribution in [0.5, 0.6) is 0 Å². The molecule has 0 aliphatic carbocycles. The van der Waals surface area contributed by atoms with Crippen molar-refractivity contribution in [3.63, 3.8) is 0 Å². The largest absolute Gasteiger partial charge is 0.0848 e. The van der Waals surface area contributed by atoms with Crippen LogP contribution in [0.3, 0.4) is 0 Å². The summed E-state index contributed by atoms with van der Waals surface area (Å²) < 4.78 is 0. The maximum Gasteiger partial charge on any atom is -0.0322 e. The zero-order valence-corrected chi connectivity index (χ0v) is 9.43. The van der Waals surface area contributed by atoms with E-state index in [0.29, 0.717) is 0 Å². The third-order valence-electron chi connectivity index (χ3n) is 1.85. The highest BCUT2D eigenvalue weighted by Gasteiger charge is 1.87. The van der Waals surface area contributed by atoms with Gasteiger partial charge in [0.25, 0.3) is 0 Å². The molecule has 0 amide bonds. The average molecular weight is 178 g/mol. The number of rotatable bonds is 5. The molecule has 0 saturated carbocycles. The normalized spacial score (nSPS) is 14.2. The molecular weight excluding hydrogens is 156 g/mol. The lowest BCUT2D eigenvalue weighted by Crippen LogP contribution is -1.76. The molecule has 0 nitrogen and oxygen atoms in total. The standard InChI is InChI=1S/C13H22/c1-5-7-8-10-13(4)11-12(3)9-6-2/h7-8,10-11H,5-6,9H2,1-4H3/b8-7-,12-11+,13-10-. The van der Waals surface area contributed by atoms with Gasteiger partial charge < -0.3 is 0 Å². The summed E-state index contributed by atoms with van der Waals surface area (Å²) in [6.45, 7) is 8.72. The van der Waals surface area contributed by atoms with Crippen LogP contribution >= 0.6 is 0 Å². The second-order valence-corrected chi connectivity index (χ2v) is 3.49. The molecule has 0 bridgehead atoms. The van der Waals surface area contributed by atoms with Crippen molar-refractivity contribution in [1.29, 1.82) is 0 Å². The quantitative estimate of drug-likeness (QED) is 0.538. The van der Waals surface area contributed by atoms with Crippen molar-refractivity contribution >= 4 is 0 Å². The SMILES string of the molecule is CC\C=C/C=C(C)\C=C(/C)CCC. The zero-order chi connectivity index (χ0) is 10.1. The van der Waals surface area contributed by atoms with Crippen molar-refractivity contribution in [3.05, 3.63) is 35.5 Å². The van der Waals surface area contributed by atoms with Crippen molar-refractivity contribution in [1.82, 2.24) is 0 Å². The summed E-state index contributed by atoms with van der Waals surface area (Å²) in [6, 6.07) is 0. The van der Waals surface area contributed by atoms with E-state index in [0.717, 1.165) is 6.42 Å². The van der Waals surface area contributed by atoms with E-state index in [4.69, 9.17) is 0 Å². The second kappa shape index (κ2) is 7.85. The fourth-order valence-corrected chi connectivity index (χ4v) is 1.26. The Hall–Kier alpha value is -0.780. The van der Waals surface area contributed by atoms with E-state index in [-0.39, 0.29) is 0 Å². The van der Waals surface area contributed by atoms with Gasteiger partial charge in [-0.25, -0.2) is 0 Å². The lowest BCUT2D eigenvalue weighted by molar-refractivity contribution is 0.904. The molecular formula is C13H22. The third kappa shape index (κ3) is 7.58. The van der Waals surface area contributed by atoms with Gasteiger partial charge in [0.15, 0.2) is 0 Å². The highest BCUT2D eigenvalue weighted by molar-refractivity contribution is 5.24. The predicted molar refractivity (Wildman–Crippen MR) is 61.9 cm³/mol. The molecule has 0 saturated heterocycles. The van der Waals surface area contributed by atoms with Crippen LogP contribution in [0.2, 0.25) is 0 Å². The zero-order valence-electron chi connectivity index (χ0n) is 9.43. The summed E-state index contributed by atoms with van der Waals surface area (Å²) in [4.78, 5) is 0. The van der Waals surface area contributed by atoms with E-state index in [2.05, 4.69) is 52.0 Å². The van der Waals surface area contributed by atoms with Crippen LogP contribution in [0.25, 0.3) is 0 Å². The third-order valence-corrected chi connectivity index (χ3v) is 1.85. The molecule has 13 heavy (non-hydrogen) atoms. The van der Waals surface area contributed by atoms with E-state index in [1.807, 2.05) is 0 Å². The summed E-state index contributed by atoms with van der Waals surface area (Å²) in [5.74, 6) is 0. The Balaban J connectivity index is 4.10. The molecule has 0 radical (unpaired) electrons. The van der Waals surface area contributed by atoms with Crippen LogP contribution in [-0.2, 0) is 0 Å². The molecule has 0 aliphatic heterocycles. The molecule has 0 spiro atoms. The smallest absolute Gasteiger partial charge is 0.0322 e. The van der Waals surface area contributed by atoms with Gasteiger partial charge in [0, 0.05) is 0 Å². The monoisotopic (exact) mass is 178 g/mol. The maximum atomic E-state index is 2.27. The molecule has 0 unspecified atom stereocenters. The Kier molecular flexibility index (Phi) is 7.38. The van der Waals surface area contributed by atoms with Gasteiger partial charge in [-0.1, -0.05) is 55.7 Å². The van der Waals surface area contributed by atoms with Gasteiger partial charge in [-0.15, -0.1) is 0 Å². The Morgan fingerprint density at radius 2 is 1.85 bits per heavy atom. The summed E-state index contributed by atoms with van der Waals surface area (Å²) in [5, 5.41) is 0. The molecule has 0 rings (SSSR count). The van der Waals surface area contributed by atoms with Gasteiger partial charge in [-0.3, -0.25) is 0 Å². The summed E-state index contributed by atoms with van der Waals surface area (Å²) >= 11 is 0. The molecule has 0 atom stereocenters. The van der Waals surface area contributed by atoms with E-state index in [9.17, 15) is 0 Å². The van der Waals surface area contributed by atoms with Crippen LogP contribution in [0.15, 0.2) is 35.5 Å².